The molecule has 0 spiro atoms. The summed E-state index contributed by atoms with van der Waals surface area (Å²) >= 11 is 2.87. The van der Waals surface area contributed by atoms with E-state index in [1.165, 1.54) is 22.7 Å². The lowest BCUT2D eigenvalue weighted by atomic mass is 10.3. The van der Waals surface area contributed by atoms with E-state index in [2.05, 4.69) is 15.1 Å². The summed E-state index contributed by atoms with van der Waals surface area (Å²) in [4.78, 5) is 8.71. The lowest BCUT2D eigenvalue weighted by molar-refractivity contribution is 1.24. The molecule has 3 aromatic rings. The molecule has 1 aromatic carbocycles. The van der Waals surface area contributed by atoms with E-state index in [0.29, 0.717) is 15.7 Å². The van der Waals surface area contributed by atoms with E-state index in [-0.39, 0.29) is 0 Å². The van der Waals surface area contributed by atoms with Crippen molar-refractivity contribution in [3.8, 4) is 0 Å². The number of fused-ring (bicyclic) bond motifs is 1. The highest BCUT2D eigenvalue weighted by molar-refractivity contribution is 7.21. The van der Waals surface area contributed by atoms with Crippen LogP contribution in [0, 0.1) is 12.1 Å². The molecular weight excluding hydrogens is 266 g/mol. The number of benzene rings is 1. The van der Waals surface area contributed by atoms with Crippen molar-refractivity contribution in [1.29, 1.82) is 0 Å². The molecule has 18 heavy (non-hydrogen) atoms. The Labute approximate surface area is 111 Å². The molecular formula is C12H8N3OS2-. The van der Waals surface area contributed by atoms with E-state index in [1.807, 2.05) is 36.6 Å². The number of thiazole rings is 2. The zero-order chi connectivity index (χ0) is 12.5. The molecule has 4 nitrogen and oxygen atoms in total. The van der Waals surface area contributed by atoms with Gasteiger partial charge in [-0.3, -0.25) is 0 Å². The highest BCUT2D eigenvalue weighted by Crippen LogP contribution is 2.25. The first-order valence-corrected chi connectivity index (χ1v) is 6.96. The SMILES string of the molecule is Cc1csc(/C(=N\[O-])c2nc3ccccc3s2)n1. The fraction of sp³-hybridized carbons (Fsp3) is 0.0833. The minimum absolute atomic E-state index is 0.328. The van der Waals surface area contributed by atoms with Crippen molar-refractivity contribution in [2.24, 2.45) is 5.16 Å². The van der Waals surface area contributed by atoms with Gasteiger partial charge in [-0.15, -0.1) is 22.7 Å². The van der Waals surface area contributed by atoms with Crippen LogP contribution in [0.4, 0.5) is 0 Å². The first kappa shape index (κ1) is 11.3. The molecule has 0 saturated heterocycles. The predicted molar refractivity (Wildman–Crippen MR) is 75.5 cm³/mol. The van der Waals surface area contributed by atoms with Crippen molar-refractivity contribution in [3.63, 3.8) is 0 Å². The standard InChI is InChI=1S/C12H9N3OS2/c1-7-6-17-11(13-7)10(15-16)12-14-8-4-2-3-5-9(8)18-12/h2-6,16H,1H3/p-1/b15-10+. The Bertz CT molecular complexity index is 697. The number of aryl methyl sites for hydroxylation is 1. The summed E-state index contributed by atoms with van der Waals surface area (Å²) in [6.45, 7) is 1.89. The summed E-state index contributed by atoms with van der Waals surface area (Å²) < 4.78 is 1.04. The summed E-state index contributed by atoms with van der Waals surface area (Å²) in [6.07, 6.45) is 0. The average molecular weight is 274 g/mol. The first-order valence-electron chi connectivity index (χ1n) is 5.26. The third kappa shape index (κ3) is 1.89. The van der Waals surface area contributed by atoms with Gasteiger partial charge in [0.1, 0.15) is 15.7 Å². The van der Waals surface area contributed by atoms with Crippen LogP contribution in [0.1, 0.15) is 15.7 Å². The van der Waals surface area contributed by atoms with Crippen LogP contribution in [0.3, 0.4) is 0 Å². The van der Waals surface area contributed by atoms with Crippen LogP contribution in [0.25, 0.3) is 10.2 Å². The van der Waals surface area contributed by atoms with Crippen LogP contribution < -0.4 is 0 Å². The zero-order valence-electron chi connectivity index (χ0n) is 9.45. The molecule has 0 radical (unpaired) electrons. The van der Waals surface area contributed by atoms with Gasteiger partial charge in [0.15, 0.2) is 0 Å². The van der Waals surface area contributed by atoms with Crippen LogP contribution in [-0.2, 0) is 0 Å². The Morgan fingerprint density at radius 1 is 1.22 bits per heavy atom. The smallest absolute Gasteiger partial charge is 0.145 e. The van der Waals surface area contributed by atoms with Gasteiger partial charge in [-0.25, -0.2) is 9.97 Å². The Hall–Kier alpha value is -1.79. The highest BCUT2D eigenvalue weighted by atomic mass is 32.1. The van der Waals surface area contributed by atoms with E-state index < -0.39 is 0 Å². The van der Waals surface area contributed by atoms with Gasteiger partial charge in [0, 0.05) is 11.1 Å². The molecule has 0 unspecified atom stereocenters. The van der Waals surface area contributed by atoms with Crippen molar-refractivity contribution < 1.29 is 0 Å². The fourth-order valence-corrected chi connectivity index (χ4v) is 3.40. The van der Waals surface area contributed by atoms with Crippen LogP contribution in [0.5, 0.6) is 0 Å². The van der Waals surface area contributed by atoms with Gasteiger partial charge in [-0.1, -0.05) is 12.1 Å². The molecule has 0 aliphatic carbocycles. The maximum atomic E-state index is 11.0. The second-order valence-electron chi connectivity index (χ2n) is 3.72. The molecule has 6 heteroatoms. The molecule has 3 rings (SSSR count). The van der Waals surface area contributed by atoms with Gasteiger partial charge < -0.3 is 10.4 Å². The third-order valence-electron chi connectivity index (χ3n) is 2.41. The van der Waals surface area contributed by atoms with Crippen LogP contribution in [0.2, 0.25) is 0 Å². The zero-order valence-corrected chi connectivity index (χ0v) is 11.1. The number of hydrogen-bond acceptors (Lipinski definition) is 6. The Balaban J connectivity index is 2.12. The second kappa shape index (κ2) is 4.47. The lowest BCUT2D eigenvalue weighted by Crippen LogP contribution is -2.01. The van der Waals surface area contributed by atoms with Crippen molar-refractivity contribution >= 4 is 38.6 Å². The van der Waals surface area contributed by atoms with Gasteiger partial charge in [0.2, 0.25) is 0 Å². The molecule has 0 fully saturated rings. The number of aromatic nitrogens is 2. The summed E-state index contributed by atoms with van der Waals surface area (Å²) in [5.74, 6) is 0. The predicted octanol–water partition coefficient (Wildman–Crippen LogP) is 3.40. The van der Waals surface area contributed by atoms with Crippen LogP contribution >= 0.6 is 22.7 Å². The topological polar surface area (TPSA) is 61.2 Å². The number of hydrogen-bond donors (Lipinski definition) is 0. The molecule has 2 aromatic heterocycles. The van der Waals surface area contributed by atoms with Gasteiger partial charge in [0.25, 0.3) is 0 Å². The monoisotopic (exact) mass is 274 g/mol. The third-order valence-corrected chi connectivity index (χ3v) is 4.42. The summed E-state index contributed by atoms with van der Waals surface area (Å²) in [7, 11) is 0. The molecule has 2 heterocycles. The van der Waals surface area contributed by atoms with Crippen molar-refractivity contribution in [3.05, 3.63) is 50.6 Å². The quantitative estimate of drug-likeness (QED) is 0.531. The van der Waals surface area contributed by atoms with Gasteiger partial charge >= 0.3 is 0 Å². The molecule has 0 amide bonds. The minimum atomic E-state index is 0.328. The Kier molecular flexibility index (Phi) is 2.81. The fourth-order valence-electron chi connectivity index (χ4n) is 1.61. The normalized spacial score (nSPS) is 12.2. The molecule has 0 aliphatic rings. The number of rotatable bonds is 2. The van der Waals surface area contributed by atoms with Crippen molar-refractivity contribution in [1.82, 2.24) is 9.97 Å². The second-order valence-corrected chi connectivity index (χ2v) is 5.61. The van der Waals surface area contributed by atoms with Crippen LogP contribution in [-0.4, -0.2) is 15.7 Å². The molecule has 0 saturated carbocycles. The van der Waals surface area contributed by atoms with Crippen molar-refractivity contribution in [2.45, 2.75) is 6.92 Å². The molecule has 0 aliphatic heterocycles. The molecule has 90 valence electrons. The van der Waals surface area contributed by atoms with E-state index in [1.54, 1.807) is 0 Å². The maximum absolute atomic E-state index is 11.0. The number of para-hydroxylation sites is 1. The van der Waals surface area contributed by atoms with Gasteiger partial charge in [-0.05, 0) is 19.1 Å². The minimum Gasteiger partial charge on any atom is -0.791 e. The molecule has 0 atom stereocenters. The van der Waals surface area contributed by atoms with Crippen LogP contribution in [0.15, 0.2) is 34.8 Å². The lowest BCUT2D eigenvalue weighted by Gasteiger charge is -2.00. The van der Waals surface area contributed by atoms with E-state index in [4.69, 9.17) is 0 Å². The molecule has 0 N–H and O–H groups in total. The van der Waals surface area contributed by atoms with E-state index in [0.717, 1.165) is 15.9 Å². The van der Waals surface area contributed by atoms with Crippen molar-refractivity contribution in [2.75, 3.05) is 0 Å². The maximum Gasteiger partial charge on any atom is 0.145 e. The van der Waals surface area contributed by atoms with Gasteiger partial charge in [0.05, 0.1) is 10.2 Å². The molecule has 0 bridgehead atoms. The van der Waals surface area contributed by atoms with E-state index in [9.17, 15) is 5.21 Å². The Morgan fingerprint density at radius 3 is 2.72 bits per heavy atom. The summed E-state index contributed by atoms with van der Waals surface area (Å²) in [5, 5.41) is 17.3. The van der Waals surface area contributed by atoms with Gasteiger partial charge in [-0.2, -0.15) is 0 Å². The first-order chi connectivity index (χ1) is 8.78. The average Bonchev–Trinajstić information content (AvgIpc) is 2.96. The largest absolute Gasteiger partial charge is 0.791 e. The Morgan fingerprint density at radius 2 is 2.06 bits per heavy atom. The van der Waals surface area contributed by atoms with E-state index >= 15 is 0 Å². The highest BCUT2D eigenvalue weighted by Gasteiger charge is 2.14. The summed E-state index contributed by atoms with van der Waals surface area (Å²) in [6, 6.07) is 7.77. The summed E-state index contributed by atoms with van der Waals surface area (Å²) in [5.41, 5.74) is 2.10. The number of nitrogens with zero attached hydrogens (tertiary/aromatic N) is 3.